The van der Waals surface area contributed by atoms with E-state index in [2.05, 4.69) is 87.5 Å². The predicted molar refractivity (Wildman–Crippen MR) is 136 cm³/mol. The van der Waals surface area contributed by atoms with Gasteiger partial charge in [0.15, 0.2) is 5.11 Å². The number of thiocarbonyl (C=S) groups is 1. The van der Waals surface area contributed by atoms with Crippen molar-refractivity contribution >= 4 is 23.0 Å². The molecule has 0 spiro atoms. The van der Waals surface area contributed by atoms with E-state index in [1.54, 1.807) is 0 Å². The minimum atomic E-state index is -0.0874. The Bertz CT molecular complexity index is 1250. The molecule has 2 aromatic heterocycles. The van der Waals surface area contributed by atoms with E-state index in [0.717, 1.165) is 28.5 Å². The summed E-state index contributed by atoms with van der Waals surface area (Å²) < 4.78 is 7.85. The number of pyridine rings is 1. The molecule has 1 aliphatic heterocycles. The summed E-state index contributed by atoms with van der Waals surface area (Å²) in [6.45, 7) is 4.74. The lowest BCUT2D eigenvalue weighted by Crippen LogP contribution is -2.30. The minimum absolute atomic E-state index is 0.0734. The monoisotopic (exact) mass is 454 g/mol. The van der Waals surface area contributed by atoms with E-state index in [1.807, 2.05) is 37.4 Å². The van der Waals surface area contributed by atoms with Gasteiger partial charge in [-0.05, 0) is 92.3 Å². The first-order chi connectivity index (χ1) is 16.2. The quantitative estimate of drug-likeness (QED) is 0.376. The van der Waals surface area contributed by atoms with Gasteiger partial charge in [0.1, 0.15) is 11.8 Å². The Morgan fingerprint density at radius 1 is 0.970 bits per heavy atom. The normalized spacial score (nSPS) is 17.8. The van der Waals surface area contributed by atoms with Crippen LogP contribution in [0.2, 0.25) is 0 Å². The van der Waals surface area contributed by atoms with E-state index in [-0.39, 0.29) is 12.1 Å². The lowest BCUT2D eigenvalue weighted by molar-refractivity contribution is 0.340. The zero-order valence-corrected chi connectivity index (χ0v) is 19.5. The van der Waals surface area contributed by atoms with E-state index < -0.39 is 0 Å². The van der Waals surface area contributed by atoms with Gasteiger partial charge in [0, 0.05) is 29.5 Å². The fraction of sp³-hybridized carbons (Fsp3) is 0.185. The van der Waals surface area contributed by atoms with E-state index in [1.165, 1.54) is 5.56 Å². The average Bonchev–Trinajstić information content (AvgIpc) is 3.44. The van der Waals surface area contributed by atoms with E-state index in [9.17, 15) is 0 Å². The molecule has 0 saturated carbocycles. The molecule has 3 heterocycles. The molecule has 2 aromatic carbocycles. The van der Waals surface area contributed by atoms with Gasteiger partial charge in [-0.25, -0.2) is 0 Å². The van der Waals surface area contributed by atoms with Crippen molar-refractivity contribution in [3.63, 3.8) is 0 Å². The first kappa shape index (κ1) is 21.2. The number of nitrogens with zero attached hydrogens (tertiary/aromatic N) is 3. The first-order valence-electron chi connectivity index (χ1n) is 11.1. The zero-order chi connectivity index (χ0) is 22.8. The number of benzene rings is 2. The summed E-state index contributed by atoms with van der Waals surface area (Å²) in [5, 5.41) is 4.24. The fourth-order valence-corrected chi connectivity index (χ4v) is 4.80. The van der Waals surface area contributed by atoms with Crippen LogP contribution < -0.4 is 15.0 Å². The number of aryl methyl sites for hydroxylation is 1. The summed E-state index contributed by atoms with van der Waals surface area (Å²) in [6.07, 6.45) is 3.92. The summed E-state index contributed by atoms with van der Waals surface area (Å²) in [5.74, 6) is 0.867. The van der Waals surface area contributed by atoms with Crippen LogP contribution in [0.5, 0.6) is 5.75 Å². The number of nitrogens with one attached hydrogen (secondary N) is 1. The summed E-state index contributed by atoms with van der Waals surface area (Å²) in [5.41, 5.74) is 5.41. The maximum atomic E-state index is 5.86. The molecular formula is C27H26N4OS. The topological polar surface area (TPSA) is 42.3 Å². The lowest BCUT2D eigenvalue weighted by Gasteiger charge is -2.29. The summed E-state index contributed by atoms with van der Waals surface area (Å²) in [4.78, 5) is 6.87. The summed E-state index contributed by atoms with van der Waals surface area (Å²) in [7, 11) is 0. The molecule has 2 atom stereocenters. The molecule has 0 amide bonds. The van der Waals surface area contributed by atoms with Crippen molar-refractivity contribution in [2.75, 3.05) is 11.5 Å². The zero-order valence-electron chi connectivity index (χ0n) is 18.7. The standard InChI is InChI=1S/C27H26N4OS/c1-3-32-22-14-12-20(13-15-22)30-17-7-11-24(30)26-25(23-10-4-5-16-28-23)29-27(33)31(26)21-9-6-8-19(2)18-21/h4-18,25-26H,3H2,1-2H3,(H,29,33)/t25-,26-/m1/s1. The molecule has 5 nitrogen and oxygen atoms in total. The third-order valence-electron chi connectivity index (χ3n) is 5.89. The molecule has 5 rings (SSSR count). The van der Waals surface area contributed by atoms with Crippen LogP contribution in [0.4, 0.5) is 5.69 Å². The molecule has 4 aromatic rings. The van der Waals surface area contributed by atoms with Crippen molar-refractivity contribution in [3.8, 4) is 11.4 Å². The highest BCUT2D eigenvalue weighted by Crippen LogP contribution is 2.42. The van der Waals surface area contributed by atoms with Crippen LogP contribution in [0.15, 0.2) is 91.3 Å². The van der Waals surface area contributed by atoms with E-state index in [0.29, 0.717) is 11.7 Å². The molecule has 1 saturated heterocycles. The van der Waals surface area contributed by atoms with Crippen molar-refractivity contribution in [3.05, 3.63) is 108 Å². The van der Waals surface area contributed by atoms with Crippen LogP contribution in [0.25, 0.3) is 5.69 Å². The number of hydrogen-bond donors (Lipinski definition) is 1. The molecular weight excluding hydrogens is 428 g/mol. The molecule has 0 aliphatic carbocycles. The van der Waals surface area contributed by atoms with Gasteiger partial charge in [-0.1, -0.05) is 18.2 Å². The highest BCUT2D eigenvalue weighted by atomic mass is 32.1. The lowest BCUT2D eigenvalue weighted by atomic mass is 10.0. The number of ether oxygens (including phenoxy) is 1. The first-order valence-corrected chi connectivity index (χ1v) is 11.5. The van der Waals surface area contributed by atoms with Crippen molar-refractivity contribution < 1.29 is 4.74 Å². The van der Waals surface area contributed by atoms with Crippen LogP contribution >= 0.6 is 12.2 Å². The Kier molecular flexibility index (Phi) is 5.84. The number of hydrogen-bond acceptors (Lipinski definition) is 3. The third kappa shape index (κ3) is 4.10. The van der Waals surface area contributed by atoms with Gasteiger partial charge >= 0.3 is 0 Å². The third-order valence-corrected chi connectivity index (χ3v) is 6.20. The number of rotatable bonds is 6. The molecule has 33 heavy (non-hydrogen) atoms. The van der Waals surface area contributed by atoms with Gasteiger partial charge in [-0.3, -0.25) is 4.98 Å². The van der Waals surface area contributed by atoms with Crippen LogP contribution in [0.1, 0.15) is 36.0 Å². The maximum Gasteiger partial charge on any atom is 0.174 e. The molecule has 1 N–H and O–H groups in total. The Hall–Kier alpha value is -3.64. The minimum Gasteiger partial charge on any atom is -0.494 e. The largest absolute Gasteiger partial charge is 0.494 e. The van der Waals surface area contributed by atoms with Crippen molar-refractivity contribution in [1.82, 2.24) is 14.9 Å². The fourth-order valence-electron chi connectivity index (χ4n) is 4.45. The molecule has 0 radical (unpaired) electrons. The number of aromatic nitrogens is 2. The van der Waals surface area contributed by atoms with Crippen LogP contribution in [-0.2, 0) is 0 Å². The molecule has 1 aliphatic rings. The summed E-state index contributed by atoms with van der Waals surface area (Å²) >= 11 is 5.86. The predicted octanol–water partition coefficient (Wildman–Crippen LogP) is 5.76. The van der Waals surface area contributed by atoms with Crippen molar-refractivity contribution in [1.29, 1.82) is 0 Å². The Balaban J connectivity index is 1.62. The second-order valence-electron chi connectivity index (χ2n) is 8.07. The molecule has 0 bridgehead atoms. The average molecular weight is 455 g/mol. The van der Waals surface area contributed by atoms with Gasteiger partial charge < -0.3 is 19.5 Å². The Labute approximate surface area is 199 Å². The molecule has 6 heteroatoms. The highest BCUT2D eigenvalue weighted by Gasteiger charge is 2.42. The van der Waals surface area contributed by atoms with E-state index in [4.69, 9.17) is 17.0 Å². The van der Waals surface area contributed by atoms with Gasteiger partial charge in [0.05, 0.1) is 18.3 Å². The van der Waals surface area contributed by atoms with Crippen molar-refractivity contribution in [2.45, 2.75) is 25.9 Å². The summed E-state index contributed by atoms with van der Waals surface area (Å²) in [6, 6.07) is 26.7. The van der Waals surface area contributed by atoms with Gasteiger partial charge in [0.2, 0.25) is 0 Å². The Morgan fingerprint density at radius 3 is 2.55 bits per heavy atom. The Morgan fingerprint density at radius 2 is 1.82 bits per heavy atom. The van der Waals surface area contributed by atoms with Crippen LogP contribution in [-0.4, -0.2) is 21.3 Å². The second-order valence-corrected chi connectivity index (χ2v) is 8.45. The smallest absolute Gasteiger partial charge is 0.174 e. The van der Waals surface area contributed by atoms with Gasteiger partial charge in [-0.15, -0.1) is 0 Å². The van der Waals surface area contributed by atoms with Crippen molar-refractivity contribution in [2.24, 2.45) is 0 Å². The van der Waals surface area contributed by atoms with E-state index >= 15 is 0 Å². The second kappa shape index (κ2) is 9.08. The van der Waals surface area contributed by atoms with Crippen LogP contribution in [0, 0.1) is 6.92 Å². The van der Waals surface area contributed by atoms with Gasteiger partial charge in [0.25, 0.3) is 0 Å². The molecule has 1 fully saturated rings. The number of anilines is 1. The highest BCUT2D eigenvalue weighted by molar-refractivity contribution is 7.80. The van der Waals surface area contributed by atoms with Crippen LogP contribution in [0.3, 0.4) is 0 Å². The maximum absolute atomic E-state index is 5.86. The molecule has 166 valence electrons. The molecule has 0 unspecified atom stereocenters. The van der Waals surface area contributed by atoms with Gasteiger partial charge in [-0.2, -0.15) is 0 Å². The SMILES string of the molecule is CCOc1ccc(-n2cccc2[C@@H]2[C@@H](c3ccccn3)NC(=S)N2c2cccc(C)c2)cc1.